The number of anilines is 1. The molecule has 2 fully saturated rings. The van der Waals surface area contributed by atoms with Crippen LogP contribution < -0.4 is 9.64 Å². The van der Waals surface area contributed by atoms with E-state index < -0.39 is 4.87 Å². The Kier molecular flexibility index (Phi) is 4.12. The fourth-order valence-corrected chi connectivity index (χ4v) is 5.72. The van der Waals surface area contributed by atoms with Gasteiger partial charge in [0.15, 0.2) is 4.87 Å². The number of fused-ring (bicyclic) bond motifs is 2. The first-order valence-corrected chi connectivity index (χ1v) is 10.6. The maximum absolute atomic E-state index is 13.8. The van der Waals surface area contributed by atoms with Crippen LogP contribution in [0.5, 0.6) is 5.75 Å². The van der Waals surface area contributed by atoms with Crippen LogP contribution in [0.25, 0.3) is 0 Å². The molecule has 2 amide bonds. The van der Waals surface area contributed by atoms with Crippen LogP contribution in [0, 0.1) is 5.92 Å². The largest absolute Gasteiger partial charge is 0.497 e. The number of hydrogen-bond acceptors (Lipinski definition) is 4. The number of carbonyl (C=O) groups excluding carboxylic acids is 2. The quantitative estimate of drug-likeness (QED) is 0.798. The van der Waals surface area contributed by atoms with Crippen molar-refractivity contribution in [3.63, 3.8) is 0 Å². The minimum Gasteiger partial charge on any atom is -0.497 e. The summed E-state index contributed by atoms with van der Waals surface area (Å²) in [6.45, 7) is 1.09. The van der Waals surface area contributed by atoms with E-state index in [0.717, 1.165) is 41.2 Å². The molecule has 2 aromatic carbocycles. The maximum atomic E-state index is 13.8. The van der Waals surface area contributed by atoms with Gasteiger partial charge >= 0.3 is 0 Å². The van der Waals surface area contributed by atoms with Crippen LogP contribution in [0.1, 0.15) is 24.0 Å². The zero-order valence-electron chi connectivity index (χ0n) is 15.8. The van der Waals surface area contributed by atoms with Crippen LogP contribution in [-0.4, -0.2) is 36.1 Å². The van der Waals surface area contributed by atoms with Gasteiger partial charge in [-0.2, -0.15) is 0 Å². The monoisotopic (exact) mass is 394 g/mol. The Labute approximate surface area is 168 Å². The summed E-state index contributed by atoms with van der Waals surface area (Å²) >= 11 is 1.60. The lowest BCUT2D eigenvalue weighted by molar-refractivity contribution is -0.141. The molecule has 5 rings (SSSR count). The van der Waals surface area contributed by atoms with E-state index in [-0.39, 0.29) is 17.7 Å². The van der Waals surface area contributed by atoms with Gasteiger partial charge in [-0.3, -0.25) is 9.59 Å². The number of thioether (sulfide) groups is 1. The van der Waals surface area contributed by atoms with Crippen LogP contribution in [0.4, 0.5) is 5.69 Å². The van der Waals surface area contributed by atoms with Gasteiger partial charge in [-0.1, -0.05) is 30.3 Å². The molecule has 144 valence electrons. The molecule has 5 nitrogen and oxygen atoms in total. The zero-order chi connectivity index (χ0) is 19.3. The first-order chi connectivity index (χ1) is 13.6. The third-order valence-electron chi connectivity index (χ3n) is 5.77. The van der Waals surface area contributed by atoms with Crippen molar-refractivity contribution in [3.8, 4) is 5.75 Å². The molecule has 1 unspecified atom stereocenters. The van der Waals surface area contributed by atoms with Gasteiger partial charge in [-0.15, -0.1) is 11.8 Å². The maximum Gasteiger partial charge on any atom is 0.268 e. The number of benzene rings is 2. The lowest BCUT2D eigenvalue weighted by atomic mass is 10.1. The standard InChI is InChI=1S/C22H22N2O3S/c1-27-17-6-4-5-15(13-17)14-23-19-8-3-2-7-18(19)22(21(23)26)24(11-12-28-22)20(25)16-9-10-16/h2-8,13,16H,9-12,14H2,1H3. The average molecular weight is 394 g/mol. The van der Waals surface area contributed by atoms with Crippen molar-refractivity contribution >= 4 is 29.3 Å². The van der Waals surface area contributed by atoms with Crippen molar-refractivity contribution in [3.05, 3.63) is 59.7 Å². The van der Waals surface area contributed by atoms with E-state index in [2.05, 4.69) is 0 Å². The highest BCUT2D eigenvalue weighted by Crippen LogP contribution is 2.55. The molecule has 0 N–H and O–H groups in total. The molecule has 3 aliphatic rings. The minimum absolute atomic E-state index is 0.00646. The molecular formula is C22H22N2O3S. The van der Waals surface area contributed by atoms with E-state index in [4.69, 9.17) is 4.74 Å². The predicted octanol–water partition coefficient (Wildman–Crippen LogP) is 3.38. The minimum atomic E-state index is -0.908. The molecule has 1 aliphatic carbocycles. The topological polar surface area (TPSA) is 49.9 Å². The number of nitrogens with zero attached hydrogens (tertiary/aromatic N) is 2. The Balaban J connectivity index is 1.55. The van der Waals surface area contributed by atoms with E-state index in [1.54, 1.807) is 18.9 Å². The molecule has 0 radical (unpaired) electrons. The molecule has 0 bridgehead atoms. The van der Waals surface area contributed by atoms with Crippen LogP contribution in [-0.2, 0) is 21.0 Å². The Hall–Kier alpha value is -2.47. The van der Waals surface area contributed by atoms with Gasteiger partial charge in [0.25, 0.3) is 5.91 Å². The molecule has 1 saturated carbocycles. The van der Waals surface area contributed by atoms with Crippen LogP contribution in [0.15, 0.2) is 48.5 Å². The number of ether oxygens (including phenoxy) is 1. The van der Waals surface area contributed by atoms with Crippen molar-refractivity contribution < 1.29 is 14.3 Å². The van der Waals surface area contributed by atoms with Gasteiger partial charge in [0.1, 0.15) is 5.75 Å². The van der Waals surface area contributed by atoms with Gasteiger partial charge in [0.2, 0.25) is 5.91 Å². The second kappa shape index (κ2) is 6.55. The predicted molar refractivity (Wildman–Crippen MR) is 109 cm³/mol. The third-order valence-corrected chi connectivity index (χ3v) is 7.19. The summed E-state index contributed by atoms with van der Waals surface area (Å²) in [5, 5.41) is 0. The number of hydrogen-bond donors (Lipinski definition) is 0. The summed E-state index contributed by atoms with van der Waals surface area (Å²) in [6.07, 6.45) is 1.89. The smallest absolute Gasteiger partial charge is 0.268 e. The molecule has 2 aliphatic heterocycles. The normalized spacial score (nSPS) is 23.4. The van der Waals surface area contributed by atoms with E-state index in [1.807, 2.05) is 58.3 Å². The first-order valence-electron chi connectivity index (χ1n) is 9.65. The number of methoxy groups -OCH3 is 1. The fraction of sp³-hybridized carbons (Fsp3) is 0.364. The second-order valence-electron chi connectivity index (χ2n) is 7.52. The highest BCUT2D eigenvalue weighted by atomic mass is 32.2. The molecule has 0 aromatic heterocycles. The van der Waals surface area contributed by atoms with Crippen LogP contribution in [0.3, 0.4) is 0 Å². The van der Waals surface area contributed by atoms with Crippen LogP contribution >= 0.6 is 11.8 Å². The van der Waals surface area contributed by atoms with Gasteiger partial charge in [-0.05, 0) is 36.6 Å². The van der Waals surface area contributed by atoms with Crippen molar-refractivity contribution in [1.82, 2.24) is 4.90 Å². The summed E-state index contributed by atoms with van der Waals surface area (Å²) in [7, 11) is 1.64. The number of rotatable bonds is 4. The highest BCUT2D eigenvalue weighted by Gasteiger charge is 2.60. The zero-order valence-corrected chi connectivity index (χ0v) is 16.6. The summed E-state index contributed by atoms with van der Waals surface area (Å²) in [5.41, 5.74) is 2.85. The Morgan fingerprint density at radius 2 is 2.04 bits per heavy atom. The number of para-hydroxylation sites is 1. The first kappa shape index (κ1) is 17.6. The van der Waals surface area contributed by atoms with E-state index in [1.165, 1.54) is 0 Å². The van der Waals surface area contributed by atoms with Crippen molar-refractivity contribution in [2.75, 3.05) is 24.3 Å². The molecule has 1 saturated heterocycles. The highest BCUT2D eigenvalue weighted by molar-refractivity contribution is 8.01. The Morgan fingerprint density at radius 3 is 2.82 bits per heavy atom. The van der Waals surface area contributed by atoms with Crippen LogP contribution in [0.2, 0.25) is 0 Å². The SMILES string of the molecule is COc1cccc(CN2C(=O)C3(SCCN3C(=O)C3CC3)c3ccccc32)c1. The lowest BCUT2D eigenvalue weighted by Gasteiger charge is -2.33. The third kappa shape index (κ3) is 2.54. The van der Waals surface area contributed by atoms with Gasteiger partial charge in [-0.25, -0.2) is 0 Å². The van der Waals surface area contributed by atoms with Gasteiger partial charge < -0.3 is 14.5 Å². The summed E-state index contributed by atoms with van der Waals surface area (Å²) < 4.78 is 5.33. The van der Waals surface area contributed by atoms with E-state index >= 15 is 0 Å². The molecule has 1 spiro atoms. The van der Waals surface area contributed by atoms with E-state index in [9.17, 15) is 9.59 Å². The molecule has 2 heterocycles. The summed E-state index contributed by atoms with van der Waals surface area (Å²) in [4.78, 5) is 29.6. The van der Waals surface area contributed by atoms with Crippen molar-refractivity contribution in [1.29, 1.82) is 0 Å². The summed E-state index contributed by atoms with van der Waals surface area (Å²) in [6, 6.07) is 15.7. The number of carbonyl (C=O) groups is 2. The van der Waals surface area contributed by atoms with Gasteiger partial charge in [0, 0.05) is 23.8 Å². The van der Waals surface area contributed by atoms with Crippen molar-refractivity contribution in [2.45, 2.75) is 24.3 Å². The molecule has 1 atom stereocenters. The molecule has 28 heavy (non-hydrogen) atoms. The molecular weight excluding hydrogens is 372 g/mol. The Morgan fingerprint density at radius 1 is 1.21 bits per heavy atom. The second-order valence-corrected chi connectivity index (χ2v) is 8.80. The Bertz CT molecular complexity index is 958. The molecule has 2 aromatic rings. The molecule has 6 heteroatoms. The number of amides is 2. The van der Waals surface area contributed by atoms with Gasteiger partial charge in [0.05, 0.1) is 19.3 Å². The van der Waals surface area contributed by atoms with E-state index in [0.29, 0.717) is 13.1 Å². The average Bonchev–Trinajstić information content (AvgIpc) is 3.45. The summed E-state index contributed by atoms with van der Waals surface area (Å²) in [5.74, 6) is 1.78. The van der Waals surface area contributed by atoms with Crippen molar-refractivity contribution in [2.24, 2.45) is 5.92 Å². The lowest BCUT2D eigenvalue weighted by Crippen LogP contribution is -2.50. The fourth-order valence-electron chi connectivity index (χ4n) is 4.25.